The van der Waals surface area contributed by atoms with Crippen LogP contribution >= 0.6 is 11.3 Å². The highest BCUT2D eigenvalue weighted by atomic mass is 32.1. The molecule has 1 aromatic heterocycles. The van der Waals surface area contributed by atoms with Crippen molar-refractivity contribution in [2.75, 3.05) is 6.54 Å². The average Bonchev–Trinajstić information content (AvgIpc) is 2.69. The molecule has 1 N–H and O–H groups in total. The minimum Gasteiger partial charge on any atom is -0.309 e. The standard InChI is InChI=1S/C12H17N3S/c1-2-8-14-9-4-3-5-10-12(9)15-11(16-10)6-7-13/h9,14H,2-6,8H2,1H3. The van der Waals surface area contributed by atoms with Gasteiger partial charge in [-0.25, -0.2) is 4.98 Å². The van der Waals surface area contributed by atoms with Crippen LogP contribution in [0.25, 0.3) is 0 Å². The van der Waals surface area contributed by atoms with E-state index in [2.05, 4.69) is 23.3 Å². The van der Waals surface area contributed by atoms with Crippen molar-refractivity contribution in [1.82, 2.24) is 10.3 Å². The Balaban J connectivity index is 2.14. The topological polar surface area (TPSA) is 48.7 Å². The van der Waals surface area contributed by atoms with Crippen LogP contribution in [0.15, 0.2) is 0 Å². The van der Waals surface area contributed by atoms with Crippen LogP contribution in [-0.4, -0.2) is 11.5 Å². The van der Waals surface area contributed by atoms with Gasteiger partial charge >= 0.3 is 0 Å². The molecule has 0 aromatic carbocycles. The zero-order valence-electron chi connectivity index (χ0n) is 9.62. The molecule has 0 radical (unpaired) electrons. The number of thiazole rings is 1. The van der Waals surface area contributed by atoms with Gasteiger partial charge in [-0.1, -0.05) is 6.92 Å². The number of aromatic nitrogens is 1. The molecule has 86 valence electrons. The lowest BCUT2D eigenvalue weighted by Gasteiger charge is -2.22. The number of fused-ring (bicyclic) bond motifs is 1. The molecule has 1 aliphatic rings. The Labute approximate surface area is 101 Å². The fourth-order valence-electron chi connectivity index (χ4n) is 2.13. The molecular formula is C12H17N3S. The van der Waals surface area contributed by atoms with Crippen molar-refractivity contribution < 1.29 is 0 Å². The average molecular weight is 235 g/mol. The van der Waals surface area contributed by atoms with E-state index >= 15 is 0 Å². The van der Waals surface area contributed by atoms with Gasteiger partial charge in [-0.3, -0.25) is 0 Å². The van der Waals surface area contributed by atoms with Crippen LogP contribution in [0.4, 0.5) is 0 Å². The highest BCUT2D eigenvalue weighted by molar-refractivity contribution is 7.11. The highest BCUT2D eigenvalue weighted by Gasteiger charge is 2.23. The number of nitrogens with zero attached hydrogens (tertiary/aromatic N) is 2. The summed E-state index contributed by atoms with van der Waals surface area (Å²) in [6, 6.07) is 2.60. The molecular weight excluding hydrogens is 218 g/mol. The molecule has 4 heteroatoms. The molecule has 0 amide bonds. The van der Waals surface area contributed by atoms with Gasteiger partial charge in [0.25, 0.3) is 0 Å². The van der Waals surface area contributed by atoms with Crippen molar-refractivity contribution in [1.29, 1.82) is 5.26 Å². The molecule has 3 nitrogen and oxygen atoms in total. The second-order valence-corrected chi connectivity index (χ2v) is 5.32. The number of aryl methyl sites for hydroxylation is 1. The predicted molar refractivity (Wildman–Crippen MR) is 65.4 cm³/mol. The van der Waals surface area contributed by atoms with Crippen LogP contribution in [-0.2, 0) is 12.8 Å². The summed E-state index contributed by atoms with van der Waals surface area (Å²) in [5.41, 5.74) is 1.22. The van der Waals surface area contributed by atoms with Gasteiger partial charge in [0.15, 0.2) is 0 Å². The van der Waals surface area contributed by atoms with E-state index in [0.29, 0.717) is 12.5 Å². The molecule has 1 atom stereocenters. The van der Waals surface area contributed by atoms with Crippen LogP contribution in [0.1, 0.15) is 47.8 Å². The summed E-state index contributed by atoms with van der Waals surface area (Å²) in [5.74, 6) is 0. The summed E-state index contributed by atoms with van der Waals surface area (Å²) in [4.78, 5) is 6.00. The van der Waals surface area contributed by atoms with Crippen LogP contribution < -0.4 is 5.32 Å². The molecule has 0 spiro atoms. The maximum absolute atomic E-state index is 8.69. The van der Waals surface area contributed by atoms with E-state index in [4.69, 9.17) is 5.26 Å². The monoisotopic (exact) mass is 235 g/mol. The fraction of sp³-hybridized carbons (Fsp3) is 0.667. The lowest BCUT2D eigenvalue weighted by Crippen LogP contribution is -2.25. The van der Waals surface area contributed by atoms with E-state index in [1.54, 1.807) is 11.3 Å². The highest BCUT2D eigenvalue weighted by Crippen LogP contribution is 2.33. The fourth-order valence-corrected chi connectivity index (χ4v) is 3.23. The van der Waals surface area contributed by atoms with E-state index in [1.165, 1.54) is 23.4 Å². The molecule has 0 aliphatic heterocycles. The molecule has 1 unspecified atom stereocenters. The Morgan fingerprint density at radius 3 is 3.25 bits per heavy atom. The Bertz CT molecular complexity index is 391. The number of nitriles is 1. The van der Waals surface area contributed by atoms with Gasteiger partial charge < -0.3 is 5.32 Å². The molecule has 1 heterocycles. The number of hydrogen-bond donors (Lipinski definition) is 1. The van der Waals surface area contributed by atoms with E-state index < -0.39 is 0 Å². The molecule has 1 aliphatic carbocycles. The normalized spacial score (nSPS) is 19.1. The summed E-state index contributed by atoms with van der Waals surface area (Å²) in [5, 5.41) is 13.2. The van der Waals surface area contributed by atoms with E-state index in [0.717, 1.165) is 24.4 Å². The summed E-state index contributed by atoms with van der Waals surface area (Å²) < 4.78 is 0. The second-order valence-electron chi connectivity index (χ2n) is 4.15. The summed E-state index contributed by atoms with van der Waals surface area (Å²) >= 11 is 1.72. The van der Waals surface area contributed by atoms with Crippen LogP contribution in [0.2, 0.25) is 0 Å². The third-order valence-corrected chi connectivity index (χ3v) is 4.00. The summed E-state index contributed by atoms with van der Waals surface area (Å²) in [6.45, 7) is 3.23. The minimum atomic E-state index is 0.424. The molecule has 16 heavy (non-hydrogen) atoms. The lowest BCUT2D eigenvalue weighted by molar-refractivity contribution is 0.454. The Morgan fingerprint density at radius 2 is 2.50 bits per heavy atom. The molecule has 0 saturated heterocycles. The number of rotatable bonds is 4. The van der Waals surface area contributed by atoms with Crippen LogP contribution in [0.3, 0.4) is 0 Å². The van der Waals surface area contributed by atoms with E-state index in [9.17, 15) is 0 Å². The van der Waals surface area contributed by atoms with Crippen molar-refractivity contribution in [2.45, 2.75) is 45.1 Å². The zero-order chi connectivity index (χ0) is 11.4. The molecule has 2 rings (SSSR count). The largest absolute Gasteiger partial charge is 0.309 e. The first-order valence-electron chi connectivity index (χ1n) is 5.94. The second kappa shape index (κ2) is 5.42. The summed E-state index contributed by atoms with van der Waals surface area (Å²) in [7, 11) is 0. The molecule has 0 fully saturated rings. The van der Waals surface area contributed by atoms with Crippen molar-refractivity contribution in [3.8, 4) is 6.07 Å². The third-order valence-electron chi connectivity index (χ3n) is 2.87. The van der Waals surface area contributed by atoms with Crippen molar-refractivity contribution >= 4 is 11.3 Å². The van der Waals surface area contributed by atoms with Gasteiger partial charge in [0, 0.05) is 4.88 Å². The lowest BCUT2D eigenvalue weighted by atomic mass is 9.97. The summed E-state index contributed by atoms with van der Waals surface area (Å²) in [6.07, 6.45) is 5.17. The van der Waals surface area contributed by atoms with Gasteiger partial charge in [0.2, 0.25) is 0 Å². The molecule has 0 bridgehead atoms. The van der Waals surface area contributed by atoms with Gasteiger partial charge in [-0.05, 0) is 32.2 Å². The Kier molecular flexibility index (Phi) is 3.92. The van der Waals surface area contributed by atoms with Crippen LogP contribution in [0, 0.1) is 11.3 Å². The first-order chi connectivity index (χ1) is 7.85. The number of hydrogen-bond acceptors (Lipinski definition) is 4. The van der Waals surface area contributed by atoms with Gasteiger partial charge in [-0.15, -0.1) is 11.3 Å². The van der Waals surface area contributed by atoms with Crippen LogP contribution in [0.5, 0.6) is 0 Å². The van der Waals surface area contributed by atoms with Crippen molar-refractivity contribution in [3.05, 3.63) is 15.6 Å². The number of nitrogens with one attached hydrogen (secondary N) is 1. The molecule has 1 aromatic rings. The van der Waals surface area contributed by atoms with Gasteiger partial charge in [-0.2, -0.15) is 5.26 Å². The van der Waals surface area contributed by atoms with Crippen molar-refractivity contribution in [3.63, 3.8) is 0 Å². The first-order valence-corrected chi connectivity index (χ1v) is 6.75. The SMILES string of the molecule is CCCNC1CCCc2sc(CC#N)nc21. The maximum Gasteiger partial charge on any atom is 0.107 e. The van der Waals surface area contributed by atoms with E-state index in [-0.39, 0.29) is 0 Å². The maximum atomic E-state index is 8.69. The van der Waals surface area contributed by atoms with Gasteiger partial charge in [0.1, 0.15) is 5.01 Å². The smallest absolute Gasteiger partial charge is 0.107 e. The van der Waals surface area contributed by atoms with Crippen molar-refractivity contribution in [2.24, 2.45) is 0 Å². The minimum absolute atomic E-state index is 0.424. The Hall–Kier alpha value is -0.920. The zero-order valence-corrected chi connectivity index (χ0v) is 10.4. The van der Waals surface area contributed by atoms with Gasteiger partial charge in [0.05, 0.1) is 24.2 Å². The van der Waals surface area contributed by atoms with E-state index in [1.807, 2.05) is 0 Å². The predicted octanol–water partition coefficient (Wildman–Crippen LogP) is 2.59. The first kappa shape index (κ1) is 11.6. The molecule has 0 saturated carbocycles. The third kappa shape index (κ3) is 2.42. The quantitative estimate of drug-likeness (QED) is 0.872. The Morgan fingerprint density at radius 1 is 1.62 bits per heavy atom.